The number of phenols is 1. The van der Waals surface area contributed by atoms with Gasteiger partial charge in [0.15, 0.2) is 0 Å². The van der Waals surface area contributed by atoms with Gasteiger partial charge in [0.25, 0.3) is 0 Å². The highest BCUT2D eigenvalue weighted by molar-refractivity contribution is 5.40. The lowest BCUT2D eigenvalue weighted by Gasteiger charge is -2.38. The quantitative estimate of drug-likeness (QED) is 0.856. The summed E-state index contributed by atoms with van der Waals surface area (Å²) in [4.78, 5) is 2.46. The van der Waals surface area contributed by atoms with Gasteiger partial charge in [0.1, 0.15) is 5.75 Å². The van der Waals surface area contributed by atoms with Crippen LogP contribution in [0.3, 0.4) is 0 Å². The lowest BCUT2D eigenvalue weighted by molar-refractivity contribution is 0.235. The van der Waals surface area contributed by atoms with Crippen LogP contribution in [0.25, 0.3) is 0 Å². The van der Waals surface area contributed by atoms with Crippen molar-refractivity contribution in [3.8, 4) is 5.75 Å². The Morgan fingerprint density at radius 3 is 2.74 bits per heavy atom. The maximum atomic E-state index is 9.62. The number of nitrogens with one attached hydrogen (secondary N) is 1. The standard InChI is InChI=1S/C16H26N2O/c1-4-18(5-2)11-9-16(3)15-7-6-14(19)12-13(15)8-10-17-16/h6-7,12,17,19H,4-5,8-11H2,1-3H3. The first-order valence-corrected chi connectivity index (χ1v) is 7.39. The number of fused-ring (bicyclic) bond motifs is 1. The topological polar surface area (TPSA) is 35.5 Å². The van der Waals surface area contributed by atoms with Crippen molar-refractivity contribution in [1.82, 2.24) is 10.2 Å². The van der Waals surface area contributed by atoms with Crippen LogP contribution in [-0.2, 0) is 12.0 Å². The Balaban J connectivity index is 2.16. The molecular formula is C16H26N2O. The Morgan fingerprint density at radius 2 is 2.05 bits per heavy atom. The van der Waals surface area contributed by atoms with Crippen molar-refractivity contribution in [2.24, 2.45) is 0 Å². The summed E-state index contributed by atoms with van der Waals surface area (Å²) < 4.78 is 0. The number of nitrogens with zero attached hydrogens (tertiary/aromatic N) is 1. The van der Waals surface area contributed by atoms with Crippen LogP contribution < -0.4 is 5.32 Å². The fourth-order valence-corrected chi connectivity index (χ4v) is 3.04. The minimum absolute atomic E-state index is 0.0316. The molecule has 1 aromatic carbocycles. The molecule has 2 rings (SSSR count). The number of benzene rings is 1. The lowest BCUT2D eigenvalue weighted by Crippen LogP contribution is -2.47. The van der Waals surface area contributed by atoms with Gasteiger partial charge in [0.2, 0.25) is 0 Å². The minimum Gasteiger partial charge on any atom is -0.508 e. The third-order valence-electron chi connectivity index (χ3n) is 4.42. The van der Waals surface area contributed by atoms with E-state index >= 15 is 0 Å². The van der Waals surface area contributed by atoms with Crippen LogP contribution in [0.4, 0.5) is 0 Å². The number of phenolic OH excluding ortho intramolecular Hbond substituents is 1. The molecule has 0 fully saturated rings. The van der Waals surface area contributed by atoms with E-state index in [4.69, 9.17) is 0 Å². The van der Waals surface area contributed by atoms with Crippen molar-refractivity contribution < 1.29 is 5.11 Å². The van der Waals surface area contributed by atoms with Gasteiger partial charge in [-0.05, 0) is 56.1 Å². The van der Waals surface area contributed by atoms with E-state index in [2.05, 4.69) is 37.1 Å². The van der Waals surface area contributed by atoms with Crippen LogP contribution in [0, 0.1) is 0 Å². The summed E-state index contributed by atoms with van der Waals surface area (Å²) in [5.74, 6) is 0.381. The Morgan fingerprint density at radius 1 is 1.32 bits per heavy atom. The van der Waals surface area contributed by atoms with Crippen LogP contribution in [0.1, 0.15) is 38.3 Å². The third-order valence-corrected chi connectivity index (χ3v) is 4.42. The first-order chi connectivity index (χ1) is 9.09. The molecule has 106 valence electrons. The van der Waals surface area contributed by atoms with Gasteiger partial charge in [-0.1, -0.05) is 19.9 Å². The Labute approximate surface area is 116 Å². The van der Waals surface area contributed by atoms with E-state index in [9.17, 15) is 5.11 Å². The Bertz CT molecular complexity index is 429. The van der Waals surface area contributed by atoms with Crippen LogP contribution in [-0.4, -0.2) is 36.2 Å². The number of hydrogen-bond donors (Lipinski definition) is 2. The zero-order chi connectivity index (χ0) is 13.9. The van der Waals surface area contributed by atoms with E-state index in [0.717, 1.165) is 39.0 Å². The average Bonchev–Trinajstić information content (AvgIpc) is 2.40. The highest BCUT2D eigenvalue weighted by Crippen LogP contribution is 2.33. The molecule has 0 aliphatic carbocycles. The number of aromatic hydroxyl groups is 1. The first kappa shape index (κ1) is 14.4. The molecule has 0 bridgehead atoms. The molecule has 19 heavy (non-hydrogen) atoms. The molecule has 1 heterocycles. The molecule has 1 aliphatic heterocycles. The molecule has 0 saturated heterocycles. The molecular weight excluding hydrogens is 236 g/mol. The maximum Gasteiger partial charge on any atom is 0.115 e. The van der Waals surface area contributed by atoms with E-state index in [0.29, 0.717) is 5.75 Å². The number of rotatable bonds is 5. The SMILES string of the molecule is CCN(CC)CCC1(C)NCCc2cc(O)ccc21. The molecule has 1 aliphatic rings. The summed E-state index contributed by atoms with van der Waals surface area (Å²) in [7, 11) is 0. The van der Waals surface area contributed by atoms with Gasteiger partial charge in [-0.15, -0.1) is 0 Å². The third kappa shape index (κ3) is 3.10. The summed E-state index contributed by atoms with van der Waals surface area (Å²) in [6.07, 6.45) is 2.11. The van der Waals surface area contributed by atoms with E-state index in [-0.39, 0.29) is 5.54 Å². The summed E-state index contributed by atoms with van der Waals surface area (Å²) in [6.45, 7) is 11.0. The summed E-state index contributed by atoms with van der Waals surface area (Å²) in [5, 5.41) is 13.3. The van der Waals surface area contributed by atoms with Gasteiger partial charge in [-0.3, -0.25) is 0 Å². The van der Waals surface area contributed by atoms with Gasteiger partial charge in [-0.25, -0.2) is 0 Å². The average molecular weight is 262 g/mol. The highest BCUT2D eigenvalue weighted by Gasteiger charge is 2.31. The lowest BCUT2D eigenvalue weighted by atomic mass is 9.81. The van der Waals surface area contributed by atoms with Crippen molar-refractivity contribution in [3.05, 3.63) is 29.3 Å². The minimum atomic E-state index is 0.0316. The molecule has 1 unspecified atom stereocenters. The van der Waals surface area contributed by atoms with Crippen molar-refractivity contribution in [3.63, 3.8) is 0 Å². The molecule has 1 atom stereocenters. The molecule has 0 amide bonds. The normalized spacial score (nSPS) is 22.5. The second kappa shape index (κ2) is 5.93. The maximum absolute atomic E-state index is 9.62. The van der Waals surface area contributed by atoms with Gasteiger partial charge in [0, 0.05) is 18.6 Å². The molecule has 0 radical (unpaired) electrons. The highest BCUT2D eigenvalue weighted by atomic mass is 16.3. The fraction of sp³-hybridized carbons (Fsp3) is 0.625. The fourth-order valence-electron chi connectivity index (χ4n) is 3.04. The van der Waals surface area contributed by atoms with E-state index in [1.54, 1.807) is 0 Å². The van der Waals surface area contributed by atoms with Crippen molar-refractivity contribution in [1.29, 1.82) is 0 Å². The van der Waals surface area contributed by atoms with Crippen molar-refractivity contribution in [2.45, 2.75) is 39.2 Å². The van der Waals surface area contributed by atoms with Gasteiger partial charge >= 0.3 is 0 Å². The predicted molar refractivity (Wildman–Crippen MR) is 79.6 cm³/mol. The second-order valence-electron chi connectivity index (χ2n) is 5.63. The van der Waals surface area contributed by atoms with Gasteiger partial charge < -0.3 is 15.3 Å². The number of hydrogen-bond acceptors (Lipinski definition) is 3. The summed E-state index contributed by atoms with van der Waals surface area (Å²) >= 11 is 0. The van der Waals surface area contributed by atoms with E-state index < -0.39 is 0 Å². The summed E-state index contributed by atoms with van der Waals surface area (Å²) in [5.41, 5.74) is 2.67. The molecule has 2 N–H and O–H groups in total. The smallest absolute Gasteiger partial charge is 0.115 e. The zero-order valence-electron chi connectivity index (χ0n) is 12.4. The molecule has 1 aromatic rings. The molecule has 3 nitrogen and oxygen atoms in total. The van der Waals surface area contributed by atoms with E-state index in [1.807, 2.05) is 12.1 Å². The summed E-state index contributed by atoms with van der Waals surface area (Å²) in [6, 6.07) is 5.81. The van der Waals surface area contributed by atoms with Crippen LogP contribution in [0.5, 0.6) is 5.75 Å². The first-order valence-electron chi connectivity index (χ1n) is 7.39. The molecule has 0 spiro atoms. The van der Waals surface area contributed by atoms with Crippen LogP contribution >= 0.6 is 0 Å². The van der Waals surface area contributed by atoms with Gasteiger partial charge in [-0.2, -0.15) is 0 Å². The monoisotopic (exact) mass is 262 g/mol. The van der Waals surface area contributed by atoms with Crippen LogP contribution in [0.2, 0.25) is 0 Å². The second-order valence-corrected chi connectivity index (χ2v) is 5.63. The molecule has 3 heteroatoms. The van der Waals surface area contributed by atoms with Crippen LogP contribution in [0.15, 0.2) is 18.2 Å². The molecule has 0 aromatic heterocycles. The molecule has 0 saturated carbocycles. The zero-order valence-corrected chi connectivity index (χ0v) is 12.4. The van der Waals surface area contributed by atoms with E-state index in [1.165, 1.54) is 11.1 Å². The van der Waals surface area contributed by atoms with Crippen molar-refractivity contribution >= 4 is 0 Å². The van der Waals surface area contributed by atoms with Crippen molar-refractivity contribution in [2.75, 3.05) is 26.2 Å². The Hall–Kier alpha value is -1.06. The predicted octanol–water partition coefficient (Wildman–Crippen LogP) is 2.49. The van der Waals surface area contributed by atoms with Gasteiger partial charge in [0.05, 0.1) is 0 Å². The largest absolute Gasteiger partial charge is 0.508 e. The Kier molecular flexibility index (Phi) is 4.48.